The standard InChI is InChI=1S/C13H19ClN4O/c1-19-10-6-7-11(14)12(8-10)17-13(18-15)16-9-4-2-3-5-9/h6-9H,2-5,15H2,1H3,(H2,16,17,18). The average molecular weight is 283 g/mol. The molecule has 1 aliphatic rings. The lowest BCUT2D eigenvalue weighted by Gasteiger charge is -2.13. The van der Waals surface area contributed by atoms with Gasteiger partial charge in [-0.3, -0.25) is 5.43 Å². The highest BCUT2D eigenvalue weighted by Gasteiger charge is 2.15. The molecule has 0 amide bonds. The molecule has 19 heavy (non-hydrogen) atoms. The Morgan fingerprint density at radius 1 is 1.42 bits per heavy atom. The molecule has 104 valence electrons. The van der Waals surface area contributed by atoms with E-state index < -0.39 is 0 Å². The zero-order valence-electron chi connectivity index (χ0n) is 10.9. The van der Waals surface area contributed by atoms with Gasteiger partial charge in [-0.2, -0.15) is 0 Å². The lowest BCUT2D eigenvalue weighted by atomic mass is 10.3. The minimum absolute atomic E-state index is 0.336. The van der Waals surface area contributed by atoms with E-state index in [9.17, 15) is 0 Å². The van der Waals surface area contributed by atoms with Gasteiger partial charge in [0.1, 0.15) is 5.75 Å². The Hall–Kier alpha value is -1.46. The van der Waals surface area contributed by atoms with Gasteiger partial charge in [0.25, 0.3) is 0 Å². The quantitative estimate of drug-likeness (QED) is 0.345. The molecule has 2 rings (SSSR count). The molecule has 0 spiro atoms. The molecule has 1 aliphatic carbocycles. The minimum atomic E-state index is 0.336. The number of nitrogens with one attached hydrogen (secondary N) is 2. The second kappa shape index (κ2) is 6.63. The molecule has 0 unspecified atom stereocenters. The first kappa shape index (κ1) is 14.0. The second-order valence-corrected chi connectivity index (χ2v) is 4.94. The number of nitrogens with zero attached hydrogens (tertiary/aromatic N) is 1. The summed E-state index contributed by atoms with van der Waals surface area (Å²) in [7, 11) is 1.61. The summed E-state index contributed by atoms with van der Waals surface area (Å²) in [6.45, 7) is 0. The SMILES string of the molecule is COc1ccc(Cl)c(NC(=NC2CCCC2)NN)c1. The van der Waals surface area contributed by atoms with Crippen LogP contribution in [0.5, 0.6) is 5.75 Å². The molecule has 1 saturated carbocycles. The topological polar surface area (TPSA) is 71.7 Å². The number of guanidine groups is 1. The largest absolute Gasteiger partial charge is 0.497 e. The van der Waals surface area contributed by atoms with Crippen LogP contribution in [0.3, 0.4) is 0 Å². The normalized spacial score (nSPS) is 16.5. The number of hydrazine groups is 1. The van der Waals surface area contributed by atoms with Crippen molar-refractivity contribution in [1.82, 2.24) is 5.43 Å². The first-order valence-electron chi connectivity index (χ1n) is 6.38. The Bertz CT molecular complexity index is 458. The van der Waals surface area contributed by atoms with E-state index in [4.69, 9.17) is 22.2 Å². The van der Waals surface area contributed by atoms with Crippen LogP contribution in [0, 0.1) is 0 Å². The fourth-order valence-electron chi connectivity index (χ4n) is 2.18. The maximum Gasteiger partial charge on any atom is 0.210 e. The Kier molecular flexibility index (Phi) is 4.87. The first-order chi connectivity index (χ1) is 9.22. The number of methoxy groups -OCH3 is 1. The van der Waals surface area contributed by atoms with Gasteiger partial charge in [-0.15, -0.1) is 0 Å². The molecule has 1 aromatic carbocycles. The van der Waals surface area contributed by atoms with E-state index in [2.05, 4.69) is 15.7 Å². The van der Waals surface area contributed by atoms with Crippen molar-refractivity contribution in [2.24, 2.45) is 10.8 Å². The van der Waals surface area contributed by atoms with E-state index in [0.717, 1.165) is 24.3 Å². The summed E-state index contributed by atoms with van der Waals surface area (Å²) < 4.78 is 5.17. The van der Waals surface area contributed by atoms with E-state index >= 15 is 0 Å². The molecule has 0 radical (unpaired) electrons. The molecule has 0 atom stereocenters. The van der Waals surface area contributed by atoms with Gasteiger partial charge in [-0.25, -0.2) is 10.8 Å². The summed E-state index contributed by atoms with van der Waals surface area (Å²) in [5, 5.41) is 3.69. The predicted molar refractivity (Wildman–Crippen MR) is 78.6 cm³/mol. The van der Waals surface area contributed by atoms with Crippen molar-refractivity contribution in [1.29, 1.82) is 0 Å². The molecular weight excluding hydrogens is 264 g/mol. The molecule has 6 heteroatoms. The van der Waals surface area contributed by atoms with Crippen LogP contribution < -0.4 is 21.3 Å². The highest BCUT2D eigenvalue weighted by atomic mass is 35.5. The van der Waals surface area contributed by atoms with Gasteiger partial charge in [0.05, 0.1) is 23.9 Å². The lowest BCUT2D eigenvalue weighted by Crippen LogP contribution is -2.37. The Morgan fingerprint density at radius 2 is 2.16 bits per heavy atom. The van der Waals surface area contributed by atoms with E-state index in [0.29, 0.717) is 17.0 Å². The number of hydrogen-bond donors (Lipinski definition) is 3. The van der Waals surface area contributed by atoms with E-state index in [1.807, 2.05) is 6.07 Å². The van der Waals surface area contributed by atoms with Crippen LogP contribution in [0.2, 0.25) is 5.02 Å². The molecule has 1 aromatic rings. The number of anilines is 1. The molecule has 0 bridgehead atoms. The zero-order valence-corrected chi connectivity index (χ0v) is 11.7. The van der Waals surface area contributed by atoms with Gasteiger partial charge in [0.2, 0.25) is 5.96 Å². The summed E-state index contributed by atoms with van der Waals surface area (Å²) in [6, 6.07) is 5.72. The smallest absolute Gasteiger partial charge is 0.210 e. The number of benzene rings is 1. The highest BCUT2D eigenvalue weighted by molar-refractivity contribution is 6.33. The second-order valence-electron chi connectivity index (χ2n) is 4.53. The lowest BCUT2D eigenvalue weighted by molar-refractivity contribution is 0.415. The van der Waals surface area contributed by atoms with Crippen molar-refractivity contribution < 1.29 is 4.74 Å². The third-order valence-corrected chi connectivity index (χ3v) is 3.53. The predicted octanol–water partition coefficient (Wildman–Crippen LogP) is 2.52. The third-order valence-electron chi connectivity index (χ3n) is 3.20. The number of nitrogens with two attached hydrogens (primary N) is 1. The van der Waals surface area contributed by atoms with Crippen LogP contribution in [0.25, 0.3) is 0 Å². The van der Waals surface area contributed by atoms with Gasteiger partial charge < -0.3 is 10.1 Å². The molecular formula is C13H19ClN4O. The minimum Gasteiger partial charge on any atom is -0.497 e. The fourth-order valence-corrected chi connectivity index (χ4v) is 2.34. The maximum atomic E-state index is 6.13. The maximum absolute atomic E-state index is 6.13. The average Bonchev–Trinajstić information content (AvgIpc) is 2.93. The van der Waals surface area contributed by atoms with Gasteiger partial charge in [-0.05, 0) is 25.0 Å². The monoisotopic (exact) mass is 282 g/mol. The van der Waals surface area contributed by atoms with Crippen LogP contribution in [-0.2, 0) is 0 Å². The van der Waals surface area contributed by atoms with Crippen LogP contribution in [-0.4, -0.2) is 19.1 Å². The summed E-state index contributed by atoms with van der Waals surface area (Å²) in [5.41, 5.74) is 3.30. The van der Waals surface area contributed by atoms with Gasteiger partial charge in [-0.1, -0.05) is 24.4 Å². The Labute approximate surface area is 118 Å². The van der Waals surface area contributed by atoms with Crippen LogP contribution in [0.4, 0.5) is 5.69 Å². The first-order valence-corrected chi connectivity index (χ1v) is 6.75. The van der Waals surface area contributed by atoms with Gasteiger partial charge in [0.15, 0.2) is 0 Å². The fraction of sp³-hybridized carbons (Fsp3) is 0.462. The van der Waals surface area contributed by atoms with Crippen molar-refractivity contribution in [2.45, 2.75) is 31.7 Å². The molecule has 0 aromatic heterocycles. The molecule has 5 nitrogen and oxygen atoms in total. The Morgan fingerprint density at radius 3 is 2.79 bits per heavy atom. The van der Waals surface area contributed by atoms with Crippen molar-refractivity contribution in [2.75, 3.05) is 12.4 Å². The van der Waals surface area contributed by atoms with Gasteiger partial charge >= 0.3 is 0 Å². The van der Waals surface area contributed by atoms with E-state index in [1.54, 1.807) is 19.2 Å². The van der Waals surface area contributed by atoms with Crippen molar-refractivity contribution >= 4 is 23.2 Å². The number of ether oxygens (including phenoxy) is 1. The summed E-state index contributed by atoms with van der Waals surface area (Å²) in [4.78, 5) is 4.56. The summed E-state index contributed by atoms with van der Waals surface area (Å²) >= 11 is 6.13. The van der Waals surface area contributed by atoms with Crippen LogP contribution >= 0.6 is 11.6 Å². The number of halogens is 1. The molecule has 0 heterocycles. The van der Waals surface area contributed by atoms with E-state index in [1.165, 1.54) is 12.8 Å². The molecule has 1 fully saturated rings. The highest BCUT2D eigenvalue weighted by Crippen LogP contribution is 2.27. The molecule has 0 saturated heterocycles. The summed E-state index contributed by atoms with van der Waals surface area (Å²) in [5.74, 6) is 6.76. The van der Waals surface area contributed by atoms with Crippen LogP contribution in [0.15, 0.2) is 23.2 Å². The molecule has 0 aliphatic heterocycles. The van der Waals surface area contributed by atoms with E-state index in [-0.39, 0.29) is 0 Å². The van der Waals surface area contributed by atoms with Crippen molar-refractivity contribution in [3.63, 3.8) is 0 Å². The summed E-state index contributed by atoms with van der Waals surface area (Å²) in [6.07, 6.45) is 4.68. The van der Waals surface area contributed by atoms with Crippen molar-refractivity contribution in [3.8, 4) is 5.75 Å². The number of hydrogen-bond acceptors (Lipinski definition) is 3. The third kappa shape index (κ3) is 3.75. The molecule has 4 N–H and O–H groups in total. The zero-order chi connectivity index (χ0) is 13.7. The number of aliphatic imine (C=N–C) groups is 1. The van der Waals surface area contributed by atoms with Gasteiger partial charge in [0, 0.05) is 6.07 Å². The number of rotatable bonds is 3. The van der Waals surface area contributed by atoms with Crippen LogP contribution in [0.1, 0.15) is 25.7 Å². The Balaban J connectivity index is 2.13. The van der Waals surface area contributed by atoms with Crippen molar-refractivity contribution in [3.05, 3.63) is 23.2 Å².